The first-order chi connectivity index (χ1) is 16.7. The monoisotopic (exact) mass is 486 g/mol. The van der Waals surface area contributed by atoms with Gasteiger partial charge >= 0.3 is 0 Å². The van der Waals surface area contributed by atoms with Crippen molar-refractivity contribution < 1.29 is 13.9 Å². The first kappa shape index (κ1) is 24.3. The summed E-state index contributed by atoms with van der Waals surface area (Å²) in [5.74, 6) is -0.353. The highest BCUT2D eigenvalue weighted by atomic mass is 32.1. The molecule has 1 N–H and O–H groups in total. The molecule has 34 heavy (non-hydrogen) atoms. The zero-order valence-electron chi connectivity index (χ0n) is 19.2. The Labute approximate surface area is 203 Å². The van der Waals surface area contributed by atoms with Crippen LogP contribution in [0.15, 0.2) is 49.2 Å². The van der Waals surface area contributed by atoms with Crippen molar-refractivity contribution in [2.45, 2.75) is 25.9 Å². The second-order valence-electron chi connectivity index (χ2n) is 8.27. The highest BCUT2D eigenvalue weighted by molar-refractivity contribution is 7.17. The van der Waals surface area contributed by atoms with Crippen molar-refractivity contribution in [1.29, 1.82) is 0 Å². The van der Waals surface area contributed by atoms with Gasteiger partial charge in [0.25, 0.3) is 5.91 Å². The van der Waals surface area contributed by atoms with E-state index in [4.69, 9.17) is 4.74 Å². The predicted octanol–water partition coefficient (Wildman–Crippen LogP) is 3.03. The van der Waals surface area contributed by atoms with Crippen LogP contribution in [0.2, 0.25) is 0 Å². The summed E-state index contributed by atoms with van der Waals surface area (Å²) in [6.07, 6.45) is 8.86. The third-order valence-corrected chi connectivity index (χ3v) is 6.78. The molecule has 2 aromatic heterocycles. The lowest BCUT2D eigenvalue weighted by Crippen LogP contribution is -2.38. The molecule has 3 aromatic rings. The number of hydrogen-bond acceptors (Lipinski definition) is 7. The average molecular weight is 487 g/mol. The molecule has 1 aromatic carbocycles. The fraction of sp³-hybridized carbons (Fsp3) is 0.458. The Kier molecular flexibility index (Phi) is 9.00. The number of aromatic nitrogens is 3. The number of amides is 1. The normalized spacial score (nSPS) is 14.3. The van der Waals surface area contributed by atoms with Crippen LogP contribution < -0.4 is 10.2 Å². The molecule has 8 nitrogen and oxygen atoms in total. The van der Waals surface area contributed by atoms with Crippen LogP contribution in [0.5, 0.6) is 0 Å². The number of halogens is 1. The number of aryl methyl sites for hydroxylation is 1. The lowest BCUT2D eigenvalue weighted by Gasteiger charge is -2.28. The van der Waals surface area contributed by atoms with Crippen molar-refractivity contribution in [3.8, 4) is 0 Å². The van der Waals surface area contributed by atoms with Gasteiger partial charge in [-0.1, -0.05) is 23.5 Å². The lowest BCUT2D eigenvalue weighted by molar-refractivity contribution is 0.0376. The van der Waals surface area contributed by atoms with Crippen LogP contribution in [0.1, 0.15) is 28.1 Å². The molecule has 0 atom stereocenters. The maximum absolute atomic E-state index is 13.4. The first-order valence-electron chi connectivity index (χ1n) is 11.7. The average Bonchev–Trinajstić information content (AvgIpc) is 3.56. The summed E-state index contributed by atoms with van der Waals surface area (Å²) in [6.45, 7) is 7.28. The second-order valence-corrected chi connectivity index (χ2v) is 9.28. The van der Waals surface area contributed by atoms with Crippen LogP contribution in [-0.2, 0) is 17.8 Å². The molecular formula is C24H31FN6O2S. The molecule has 1 saturated heterocycles. The largest absolute Gasteiger partial charge is 0.379 e. The number of imidazole rings is 1. The first-order valence-corrected chi connectivity index (χ1v) is 12.5. The van der Waals surface area contributed by atoms with Gasteiger partial charge in [-0.15, -0.1) is 0 Å². The highest BCUT2D eigenvalue weighted by Crippen LogP contribution is 2.25. The van der Waals surface area contributed by atoms with Gasteiger partial charge in [0.2, 0.25) is 0 Å². The van der Waals surface area contributed by atoms with Crippen LogP contribution in [0, 0.1) is 5.82 Å². The summed E-state index contributed by atoms with van der Waals surface area (Å²) < 4.78 is 20.8. The molecule has 1 fully saturated rings. The number of carbonyl (C=O) groups is 1. The lowest BCUT2D eigenvalue weighted by atomic mass is 10.2. The number of anilines is 1. The van der Waals surface area contributed by atoms with Crippen molar-refractivity contribution in [2.75, 3.05) is 50.8 Å². The number of rotatable bonds is 12. The number of nitrogens with one attached hydrogen (secondary N) is 1. The number of hydrogen-bond donors (Lipinski definition) is 1. The number of thiazole rings is 1. The van der Waals surface area contributed by atoms with Gasteiger partial charge in [0.1, 0.15) is 10.7 Å². The standard InChI is InChI=1S/C24H31FN6O2S/c25-21-5-3-20(4-6-21)18-31(11-2-10-29-13-15-33-16-14-29)24-28-17-22(34-24)23(32)27-7-1-9-30-12-8-26-19-30/h3-6,8,12,17,19H,1-2,7,9-11,13-16,18H2,(H,27,32). The zero-order chi connectivity index (χ0) is 23.6. The maximum atomic E-state index is 13.4. The van der Waals surface area contributed by atoms with E-state index in [2.05, 4.69) is 25.1 Å². The van der Waals surface area contributed by atoms with E-state index in [1.54, 1.807) is 30.9 Å². The van der Waals surface area contributed by atoms with E-state index < -0.39 is 0 Å². The number of ether oxygens (including phenoxy) is 1. The quantitative estimate of drug-likeness (QED) is 0.397. The third-order valence-electron chi connectivity index (χ3n) is 5.72. The Morgan fingerprint density at radius 3 is 2.76 bits per heavy atom. The molecule has 1 aliphatic rings. The molecule has 4 rings (SSSR count). The van der Waals surface area contributed by atoms with Gasteiger partial charge < -0.3 is 19.5 Å². The number of carbonyl (C=O) groups excluding carboxylic acids is 1. The number of benzene rings is 1. The maximum Gasteiger partial charge on any atom is 0.263 e. The molecule has 0 bridgehead atoms. The molecule has 1 aliphatic heterocycles. The Hall–Kier alpha value is -2.82. The molecule has 3 heterocycles. The summed E-state index contributed by atoms with van der Waals surface area (Å²) in [5.41, 5.74) is 1.01. The summed E-state index contributed by atoms with van der Waals surface area (Å²) in [4.78, 5) is 26.4. The van der Waals surface area contributed by atoms with Gasteiger partial charge in [0, 0.05) is 58.2 Å². The topological polar surface area (TPSA) is 75.5 Å². The van der Waals surface area contributed by atoms with E-state index in [9.17, 15) is 9.18 Å². The second kappa shape index (κ2) is 12.6. The Bertz CT molecular complexity index is 1000. The molecule has 0 unspecified atom stereocenters. The smallest absolute Gasteiger partial charge is 0.263 e. The fourth-order valence-electron chi connectivity index (χ4n) is 3.85. The Morgan fingerprint density at radius 1 is 1.18 bits per heavy atom. The van der Waals surface area contributed by atoms with Crippen LogP contribution in [0.25, 0.3) is 0 Å². The Balaban J connectivity index is 1.33. The van der Waals surface area contributed by atoms with Crippen LogP contribution in [-0.4, -0.2) is 71.3 Å². The summed E-state index contributed by atoms with van der Waals surface area (Å²) in [7, 11) is 0. The fourth-order valence-corrected chi connectivity index (χ4v) is 4.71. The van der Waals surface area contributed by atoms with Crippen molar-refractivity contribution in [1.82, 2.24) is 24.8 Å². The van der Waals surface area contributed by atoms with Gasteiger partial charge in [-0.05, 0) is 30.5 Å². The molecular weight excluding hydrogens is 455 g/mol. The number of nitrogens with zero attached hydrogens (tertiary/aromatic N) is 5. The molecule has 182 valence electrons. The van der Waals surface area contributed by atoms with Gasteiger partial charge in [-0.2, -0.15) is 0 Å². The van der Waals surface area contributed by atoms with Gasteiger partial charge in [0.15, 0.2) is 5.13 Å². The van der Waals surface area contributed by atoms with Crippen molar-refractivity contribution in [3.05, 3.63) is 65.4 Å². The van der Waals surface area contributed by atoms with E-state index in [0.29, 0.717) is 18.0 Å². The molecule has 0 saturated carbocycles. The zero-order valence-corrected chi connectivity index (χ0v) is 20.1. The minimum Gasteiger partial charge on any atom is -0.379 e. The SMILES string of the molecule is O=C(NCCCn1ccnc1)c1cnc(N(CCCN2CCOCC2)Cc2ccc(F)cc2)s1. The molecule has 0 aliphatic carbocycles. The minimum atomic E-state index is -0.246. The Morgan fingerprint density at radius 2 is 2.00 bits per heavy atom. The highest BCUT2D eigenvalue weighted by Gasteiger charge is 2.17. The molecule has 1 amide bonds. The van der Waals surface area contributed by atoms with E-state index in [1.165, 1.54) is 23.5 Å². The number of morpholine rings is 1. The van der Waals surface area contributed by atoms with Crippen LogP contribution >= 0.6 is 11.3 Å². The van der Waals surface area contributed by atoms with E-state index in [1.807, 2.05) is 10.8 Å². The predicted molar refractivity (Wildman–Crippen MR) is 131 cm³/mol. The summed E-state index contributed by atoms with van der Waals surface area (Å²) >= 11 is 1.39. The van der Waals surface area contributed by atoms with Gasteiger partial charge in [0.05, 0.1) is 25.7 Å². The van der Waals surface area contributed by atoms with Crippen molar-refractivity contribution >= 4 is 22.4 Å². The van der Waals surface area contributed by atoms with Crippen LogP contribution in [0.3, 0.4) is 0 Å². The summed E-state index contributed by atoms with van der Waals surface area (Å²) in [5, 5.41) is 3.78. The van der Waals surface area contributed by atoms with Gasteiger partial charge in [-0.3, -0.25) is 9.69 Å². The molecule has 10 heteroatoms. The van der Waals surface area contributed by atoms with Crippen LogP contribution in [0.4, 0.5) is 9.52 Å². The summed E-state index contributed by atoms with van der Waals surface area (Å²) in [6, 6.07) is 6.55. The molecule has 0 spiro atoms. The third kappa shape index (κ3) is 7.34. The minimum absolute atomic E-state index is 0.107. The van der Waals surface area contributed by atoms with Crippen molar-refractivity contribution in [2.24, 2.45) is 0 Å². The van der Waals surface area contributed by atoms with Gasteiger partial charge in [-0.25, -0.2) is 14.4 Å². The van der Waals surface area contributed by atoms with E-state index >= 15 is 0 Å². The van der Waals surface area contributed by atoms with E-state index in [0.717, 1.165) is 69.5 Å². The molecule has 0 radical (unpaired) electrons. The van der Waals surface area contributed by atoms with Crippen molar-refractivity contribution in [3.63, 3.8) is 0 Å². The van der Waals surface area contributed by atoms with E-state index in [-0.39, 0.29) is 11.7 Å².